The lowest BCUT2D eigenvalue weighted by Gasteiger charge is -2.25. The van der Waals surface area contributed by atoms with Crippen LogP contribution in [-0.4, -0.2) is 178 Å². The molecule has 2 atom stereocenters. The van der Waals surface area contributed by atoms with Crippen molar-refractivity contribution in [3.63, 3.8) is 0 Å². The van der Waals surface area contributed by atoms with Crippen molar-refractivity contribution in [1.29, 1.82) is 0 Å². The van der Waals surface area contributed by atoms with Gasteiger partial charge in [0.15, 0.2) is 137 Å². The topological polar surface area (TPSA) is 415 Å². The van der Waals surface area contributed by atoms with Gasteiger partial charge in [-0.1, -0.05) is 127 Å². The summed E-state index contributed by atoms with van der Waals surface area (Å²) in [6, 6.07) is 108. The number of aliphatic hydroxyl groups excluding tert-OH is 2. The first-order chi connectivity index (χ1) is 69.7. The molecule has 2 aliphatic carbocycles. The molecule has 2 saturated carbocycles. The molecule has 4 fully saturated rings. The number of carbonyl (C=O) groups excluding carboxylic acids is 7. The van der Waals surface area contributed by atoms with Gasteiger partial charge in [0.2, 0.25) is 0 Å². The first-order valence-electron chi connectivity index (χ1n) is 46.1. The number of phenolic OH excluding ortho intramolecular Hbond substituents is 1. The van der Waals surface area contributed by atoms with Crippen LogP contribution in [0.4, 0.5) is 4.79 Å². The molecule has 4 aliphatic rings. The number of aromatic hydroxyl groups is 1. The Morgan fingerprint density at radius 1 is 0.310 bits per heavy atom. The molecule has 36 heteroatoms. The average Bonchev–Trinajstić information content (AvgIpc) is 1.12. The number of carbonyl (C=O) groups is 7. The molecule has 17 rings (SSSR count). The van der Waals surface area contributed by atoms with Gasteiger partial charge in [0.05, 0.1) is 92.6 Å². The highest BCUT2D eigenvalue weighted by molar-refractivity contribution is 7.98. The van der Waals surface area contributed by atoms with E-state index in [1.807, 2.05) is 176 Å². The van der Waals surface area contributed by atoms with E-state index in [2.05, 4.69) is 53.3 Å². The van der Waals surface area contributed by atoms with Crippen LogP contribution >= 0.6 is 0 Å². The van der Waals surface area contributed by atoms with Gasteiger partial charge in [0.25, 0.3) is 0 Å². The van der Waals surface area contributed by atoms with E-state index in [-0.39, 0.29) is 84.6 Å². The first kappa shape index (κ1) is 108. The smallest absolute Gasteiger partial charge is 0.508 e. The van der Waals surface area contributed by atoms with Gasteiger partial charge in [-0.15, -0.1) is 0 Å². The Kier molecular flexibility index (Phi) is 37.7. The number of rotatable bonds is 34. The lowest BCUT2D eigenvalue weighted by molar-refractivity contribution is -0.149. The summed E-state index contributed by atoms with van der Waals surface area (Å²) >= 11 is 0. The lowest BCUT2D eigenvalue weighted by Crippen LogP contribution is -2.29. The summed E-state index contributed by atoms with van der Waals surface area (Å²) in [6.07, 6.45) is 0.959. The van der Waals surface area contributed by atoms with Crippen molar-refractivity contribution in [2.24, 2.45) is 5.92 Å². The van der Waals surface area contributed by atoms with Crippen LogP contribution in [0.2, 0.25) is 0 Å². The van der Waals surface area contributed by atoms with Gasteiger partial charge >= 0.3 is 36.0 Å². The van der Waals surface area contributed by atoms with Crippen LogP contribution in [-0.2, 0) is 150 Å². The molecule has 2 heterocycles. The fourth-order valence-electron chi connectivity index (χ4n) is 15.8. The second-order valence-electron chi connectivity index (χ2n) is 33.6. The van der Waals surface area contributed by atoms with Crippen molar-refractivity contribution in [2.45, 2.75) is 178 Å². The molecule has 2 aliphatic heterocycles. The second-order valence-corrected chi connectivity index (χ2v) is 51.8. The number of ketones is 1. The van der Waals surface area contributed by atoms with Crippen molar-refractivity contribution in [3.05, 3.63) is 358 Å². The summed E-state index contributed by atoms with van der Waals surface area (Å²) in [6.45, 7) is -0.0741. The molecule has 2 saturated heterocycles. The molecule has 13 aromatic carbocycles. The molecule has 2 unspecified atom stereocenters. The normalized spacial score (nSPS) is 17.0. The number of phenols is 1. The monoisotopic (exact) mass is 2130 g/mol. The van der Waals surface area contributed by atoms with Gasteiger partial charge < -0.3 is 48.5 Å². The zero-order chi connectivity index (χ0) is 103. The van der Waals surface area contributed by atoms with Crippen LogP contribution < -0.4 is 4.74 Å². The summed E-state index contributed by atoms with van der Waals surface area (Å²) in [5.41, 5.74) is 0. The average molecular weight is 2130 g/mol. The second kappa shape index (κ2) is 50.7. The van der Waals surface area contributed by atoms with Gasteiger partial charge in [-0.3, -0.25) is 28.8 Å². The van der Waals surface area contributed by atoms with E-state index in [0.717, 1.165) is 58.7 Å². The summed E-state index contributed by atoms with van der Waals surface area (Å²) in [4.78, 5) is 96.1. The zero-order valence-corrected chi connectivity index (χ0v) is 85.4. The fraction of sp³-hybridized carbons (Fsp3) is 0.220. The number of sulfone groups is 5. The molecule has 27 nitrogen and oxygen atoms in total. The molecule has 0 amide bonds. The molecule has 145 heavy (non-hydrogen) atoms. The quantitative estimate of drug-likeness (QED) is 0.0111. The predicted octanol–water partition coefficient (Wildman–Crippen LogP) is 16.6. The van der Waals surface area contributed by atoms with Gasteiger partial charge in [-0.2, -0.15) is 0 Å². The standard InChI is InChI=1S/C34H39O10S3.C26H20O5S2.C25H23O5S2.C24H21O7S2/c35-24-6-10-26(11-7-24)43-33(37)22-46(39,40)31-18-14-29(15-19-31)45(28-4-2-1-3-5-28)30-16-20-32(21-17-30)47(41,42)23-34(38)44-27-12-8-25(36)9-13-27;27-20-11-13-21(14-12-20)31-26(28)19-33(29,30)25-17-15-24(16-18-25)32(22-7-3-1-4-8-22)23-9-5-2-6-10-23;26-24(23-15-17-30-25(23)27)16-18-32(28,29)22-13-11-21(12-14-22)31(19-7-3-1-4-8-19)20-9-5-2-6-10-20;25-23(29-15-18-16-30-24(26)31-18)17-33(27,28)22-13-11-21(12-14-22)32(19-7-3-1-4-8-19)20-9-5-2-6-10-20/h1-5,14-21,24-27,35-36H,6-13,22-23H2;1-18H,19H2;1-14,23H,15-18H2;1-14,18H,15-17H2/q+1;;2*+1/p+1. The van der Waals surface area contributed by atoms with E-state index >= 15 is 0 Å². The SMILES string of the molecule is O=C(CCS(=O)(=O)c1ccc([S+](c2ccccc2)c2ccccc2)cc1)C1CCOC1=O.O=C(CS(=O)(=O)c1ccc([S+](c2ccccc2)c2ccc(S(=O)(=O)CC(=O)OC3CCC(O)CC3)cc2)cc1)OC1CCC(O)CC1.O=C(CS(=O)(=O)c1ccc([S+](c2ccccc2)c2ccccc2)cc1)OCC1COC(=O)O1.O=C(CS(=O)(=O)c1ccc([S+](c2ccccc2)c2ccccc2)cc1)Oc1ccc(O)cc1. The van der Waals surface area contributed by atoms with Crippen LogP contribution in [0.25, 0.3) is 0 Å². The molecule has 13 aromatic rings. The number of cyclic esters (lactones) is 3. The number of benzene rings is 13. The van der Waals surface area contributed by atoms with Crippen LogP contribution in [0.1, 0.15) is 64.2 Å². The third-order valence-electron chi connectivity index (χ3n) is 23.2. The van der Waals surface area contributed by atoms with Crippen molar-refractivity contribution in [2.75, 3.05) is 48.6 Å². The molecule has 752 valence electrons. The minimum Gasteiger partial charge on any atom is -0.508 e. The minimum atomic E-state index is -3.97. The molecule has 0 aromatic heterocycles. The fourth-order valence-corrected chi connectivity index (χ4v) is 29.8. The Balaban J connectivity index is 0.000000155. The highest BCUT2D eigenvalue weighted by atomic mass is 32.2. The summed E-state index contributed by atoms with van der Waals surface area (Å²) in [5, 5.41) is 28.6. The van der Waals surface area contributed by atoms with E-state index in [1.54, 1.807) is 60.7 Å². The Labute approximate surface area is 853 Å². The first-order valence-corrected chi connectivity index (χ1v) is 59.3. The zero-order valence-electron chi connectivity index (χ0n) is 78.1. The van der Waals surface area contributed by atoms with Crippen LogP contribution in [0.5, 0.6) is 11.5 Å². The molecular weight excluding hydrogens is 2030 g/mol. The van der Waals surface area contributed by atoms with Gasteiger partial charge in [-0.05, 0) is 282 Å². The van der Waals surface area contributed by atoms with E-state index in [4.69, 9.17) is 28.4 Å². The highest BCUT2D eigenvalue weighted by Crippen LogP contribution is 2.39. The van der Waals surface area contributed by atoms with Gasteiger partial charge in [0, 0.05) is 12.8 Å². The highest BCUT2D eigenvalue weighted by Gasteiger charge is 2.39. The summed E-state index contributed by atoms with van der Waals surface area (Å²) < 4.78 is 164. The van der Waals surface area contributed by atoms with E-state index < -0.39 is 177 Å². The minimum absolute atomic E-state index is 0.0209. The number of esters is 5. The molecular formula is C109H104O27S9+4. The maximum absolute atomic E-state index is 13.1. The van der Waals surface area contributed by atoms with E-state index in [0.29, 0.717) is 57.8 Å². The van der Waals surface area contributed by atoms with Crippen molar-refractivity contribution >= 4 is 135 Å². The number of hydrogen-bond acceptors (Lipinski definition) is 27. The molecule has 3 N–H and O–H groups in total. The number of hydrogen-bond donors (Lipinski definition) is 3. The third-order valence-corrected chi connectivity index (χ3v) is 40.2. The molecule has 0 spiro atoms. The predicted molar refractivity (Wildman–Crippen MR) is 545 cm³/mol. The Bertz CT molecular complexity index is 6940. The van der Waals surface area contributed by atoms with Crippen LogP contribution in [0.15, 0.2) is 441 Å². The molecule has 0 bridgehead atoms. The number of Topliss-reactive ketones (excluding diaryl/α,β-unsaturated/α-hetero) is 1. The third kappa shape index (κ3) is 30.6. The van der Waals surface area contributed by atoms with Crippen molar-refractivity contribution < 1.29 is 124 Å². The van der Waals surface area contributed by atoms with Crippen LogP contribution in [0, 0.1) is 5.92 Å². The summed E-state index contributed by atoms with van der Waals surface area (Å²) in [7, 11) is -21.3. The van der Waals surface area contributed by atoms with Gasteiger partial charge in [-0.25, -0.2) is 46.9 Å². The summed E-state index contributed by atoms with van der Waals surface area (Å²) in [5.74, 6) is -8.51. The Morgan fingerprint density at radius 2 is 0.579 bits per heavy atom. The largest absolute Gasteiger partial charge is 0.508 e. The van der Waals surface area contributed by atoms with E-state index in [9.17, 15) is 91.0 Å². The maximum atomic E-state index is 13.1. The van der Waals surface area contributed by atoms with Crippen molar-refractivity contribution in [1.82, 2.24) is 0 Å². The Hall–Kier alpha value is -13.0. The molecule has 0 radical (unpaired) electrons. The van der Waals surface area contributed by atoms with Crippen molar-refractivity contribution in [3.8, 4) is 11.5 Å². The Morgan fingerprint density at radius 3 is 0.848 bits per heavy atom. The lowest BCUT2D eigenvalue weighted by atomic mass is 9.95. The van der Waals surface area contributed by atoms with E-state index in [1.165, 1.54) is 72.8 Å². The number of ether oxygens (including phenoxy) is 7. The van der Waals surface area contributed by atoms with Gasteiger partial charge in [0.1, 0.15) is 48.6 Å². The van der Waals surface area contributed by atoms with Crippen LogP contribution in [0.3, 0.4) is 0 Å². The number of aliphatic hydroxyl groups is 2. The maximum Gasteiger partial charge on any atom is 0.508 e.